The van der Waals surface area contributed by atoms with Gasteiger partial charge in [0.2, 0.25) is 10.0 Å². The summed E-state index contributed by atoms with van der Waals surface area (Å²) in [7, 11) is -3.30. The van der Waals surface area contributed by atoms with Crippen molar-refractivity contribution >= 4 is 31.6 Å². The molecule has 0 aliphatic heterocycles. The van der Waals surface area contributed by atoms with Crippen molar-refractivity contribution in [2.24, 2.45) is 0 Å². The smallest absolute Gasteiger partial charge is 0.234 e. The normalized spacial score (nSPS) is 11.4. The molecule has 0 saturated carbocycles. The summed E-state index contributed by atoms with van der Waals surface area (Å²) >= 11 is 3.23. The molecule has 0 fully saturated rings. The van der Waals surface area contributed by atoms with Crippen LogP contribution in [0.5, 0.6) is 0 Å². The number of hydrogen-bond acceptors (Lipinski definition) is 4. The minimum Gasteiger partial charge on any atom is -0.316 e. The van der Waals surface area contributed by atoms with Gasteiger partial charge >= 0.3 is 0 Å². The Morgan fingerprint density at radius 1 is 1.50 bits per heavy atom. The van der Waals surface area contributed by atoms with Crippen molar-refractivity contribution in [2.75, 3.05) is 23.6 Å². The fourth-order valence-corrected chi connectivity index (χ4v) is 2.57. The van der Waals surface area contributed by atoms with Gasteiger partial charge in [-0.1, -0.05) is 6.92 Å². The summed E-state index contributed by atoms with van der Waals surface area (Å²) in [5.74, 6) is 0.0512. The van der Waals surface area contributed by atoms with E-state index in [2.05, 4.69) is 31.0 Å². The molecule has 1 heterocycles. The van der Waals surface area contributed by atoms with E-state index < -0.39 is 10.0 Å². The molecular formula is C9H14BrN3O2S. The lowest BCUT2D eigenvalue weighted by atomic mass is 10.4. The van der Waals surface area contributed by atoms with E-state index in [1.807, 2.05) is 6.92 Å². The van der Waals surface area contributed by atoms with Crippen LogP contribution in [0, 0.1) is 0 Å². The molecule has 0 aliphatic carbocycles. The van der Waals surface area contributed by atoms with Crippen LogP contribution in [0.25, 0.3) is 0 Å². The van der Waals surface area contributed by atoms with Crippen molar-refractivity contribution in [1.29, 1.82) is 0 Å². The molecule has 0 aromatic carbocycles. The maximum atomic E-state index is 11.6. The van der Waals surface area contributed by atoms with Crippen molar-refractivity contribution in [3.05, 3.63) is 22.9 Å². The first-order valence-electron chi connectivity index (χ1n) is 4.86. The Bertz CT molecular complexity index is 436. The van der Waals surface area contributed by atoms with E-state index in [4.69, 9.17) is 0 Å². The summed E-state index contributed by atoms with van der Waals surface area (Å²) in [4.78, 5) is 3.86. The highest BCUT2D eigenvalue weighted by atomic mass is 79.9. The van der Waals surface area contributed by atoms with Gasteiger partial charge in [0.15, 0.2) is 0 Å². The SMILES string of the molecule is CCNCCS(=O)(=O)Nc1ccncc1Br. The van der Waals surface area contributed by atoms with E-state index in [-0.39, 0.29) is 5.75 Å². The summed E-state index contributed by atoms with van der Waals surface area (Å²) in [6, 6.07) is 1.61. The van der Waals surface area contributed by atoms with Gasteiger partial charge in [0, 0.05) is 18.9 Å². The van der Waals surface area contributed by atoms with Crippen LogP contribution < -0.4 is 10.0 Å². The molecule has 7 heteroatoms. The van der Waals surface area contributed by atoms with Crippen LogP contribution in [0.3, 0.4) is 0 Å². The molecule has 1 aromatic rings. The number of halogens is 1. The minimum absolute atomic E-state index is 0.0512. The first-order valence-corrected chi connectivity index (χ1v) is 7.30. The van der Waals surface area contributed by atoms with E-state index in [1.54, 1.807) is 12.3 Å². The van der Waals surface area contributed by atoms with Crippen molar-refractivity contribution in [3.8, 4) is 0 Å². The van der Waals surface area contributed by atoms with E-state index >= 15 is 0 Å². The van der Waals surface area contributed by atoms with Gasteiger partial charge in [0.05, 0.1) is 15.9 Å². The van der Waals surface area contributed by atoms with Crippen molar-refractivity contribution in [3.63, 3.8) is 0 Å². The average molecular weight is 308 g/mol. The molecule has 0 unspecified atom stereocenters. The molecule has 0 amide bonds. The lowest BCUT2D eigenvalue weighted by Crippen LogP contribution is -2.26. The van der Waals surface area contributed by atoms with Gasteiger partial charge in [-0.05, 0) is 28.5 Å². The molecule has 5 nitrogen and oxygen atoms in total. The molecule has 0 aliphatic rings. The zero-order valence-corrected chi connectivity index (χ0v) is 11.3. The standard InChI is InChI=1S/C9H14BrN3O2S/c1-2-11-5-6-16(14,15)13-9-3-4-12-7-8(9)10/h3-4,7,11H,2,5-6H2,1H3,(H,12,13). The van der Waals surface area contributed by atoms with E-state index in [0.717, 1.165) is 6.54 Å². The summed E-state index contributed by atoms with van der Waals surface area (Å²) in [5, 5.41) is 2.96. The van der Waals surface area contributed by atoms with Crippen LogP contribution in [0.2, 0.25) is 0 Å². The third-order valence-electron chi connectivity index (χ3n) is 1.84. The first-order chi connectivity index (χ1) is 7.55. The zero-order valence-electron chi connectivity index (χ0n) is 8.90. The molecule has 16 heavy (non-hydrogen) atoms. The van der Waals surface area contributed by atoms with Crippen molar-refractivity contribution < 1.29 is 8.42 Å². The fraction of sp³-hybridized carbons (Fsp3) is 0.444. The van der Waals surface area contributed by atoms with Gasteiger partial charge in [0.25, 0.3) is 0 Å². The quantitative estimate of drug-likeness (QED) is 0.775. The summed E-state index contributed by atoms with van der Waals surface area (Å²) < 4.78 is 26.4. The maximum Gasteiger partial charge on any atom is 0.234 e. The molecule has 0 saturated heterocycles. The molecule has 0 bridgehead atoms. The molecule has 90 valence electrons. The van der Waals surface area contributed by atoms with Crippen molar-refractivity contribution in [1.82, 2.24) is 10.3 Å². The number of sulfonamides is 1. The van der Waals surface area contributed by atoms with Gasteiger partial charge in [-0.15, -0.1) is 0 Å². The number of rotatable bonds is 6. The van der Waals surface area contributed by atoms with Gasteiger partial charge in [-0.25, -0.2) is 8.42 Å². The first kappa shape index (κ1) is 13.4. The topological polar surface area (TPSA) is 71.1 Å². The Kier molecular flexibility index (Phi) is 5.17. The Hall–Kier alpha value is -0.660. The van der Waals surface area contributed by atoms with Crippen LogP contribution in [0.15, 0.2) is 22.9 Å². The van der Waals surface area contributed by atoms with Crippen LogP contribution in [0.1, 0.15) is 6.92 Å². The van der Waals surface area contributed by atoms with Crippen LogP contribution >= 0.6 is 15.9 Å². The number of aromatic nitrogens is 1. The van der Waals surface area contributed by atoms with Crippen molar-refractivity contribution in [2.45, 2.75) is 6.92 Å². The van der Waals surface area contributed by atoms with E-state index in [9.17, 15) is 8.42 Å². The van der Waals surface area contributed by atoms with Crippen LogP contribution in [0.4, 0.5) is 5.69 Å². The molecule has 1 rings (SSSR count). The summed E-state index contributed by atoms with van der Waals surface area (Å²) in [5.41, 5.74) is 0.506. The van der Waals surface area contributed by atoms with Gasteiger partial charge < -0.3 is 5.32 Å². The maximum absolute atomic E-state index is 11.6. The molecular weight excluding hydrogens is 294 g/mol. The van der Waals surface area contributed by atoms with E-state index in [0.29, 0.717) is 16.7 Å². The molecule has 1 aromatic heterocycles. The largest absolute Gasteiger partial charge is 0.316 e. The van der Waals surface area contributed by atoms with Gasteiger partial charge in [-0.3, -0.25) is 9.71 Å². The highest BCUT2D eigenvalue weighted by molar-refractivity contribution is 9.10. The number of anilines is 1. The van der Waals surface area contributed by atoms with Crippen LogP contribution in [-0.4, -0.2) is 32.2 Å². The average Bonchev–Trinajstić information content (AvgIpc) is 2.21. The Labute approximate surface area is 104 Å². The summed E-state index contributed by atoms with van der Waals surface area (Å²) in [6.45, 7) is 3.13. The number of nitrogens with zero attached hydrogens (tertiary/aromatic N) is 1. The van der Waals surface area contributed by atoms with E-state index in [1.165, 1.54) is 6.20 Å². The minimum atomic E-state index is -3.30. The Morgan fingerprint density at radius 2 is 2.25 bits per heavy atom. The fourth-order valence-electron chi connectivity index (χ4n) is 1.06. The monoisotopic (exact) mass is 307 g/mol. The lowest BCUT2D eigenvalue weighted by molar-refractivity contribution is 0.597. The third kappa shape index (κ3) is 4.46. The second-order valence-corrected chi connectivity index (χ2v) is 5.83. The predicted molar refractivity (Wildman–Crippen MR) is 67.9 cm³/mol. The zero-order chi connectivity index (χ0) is 12.0. The van der Waals surface area contributed by atoms with Gasteiger partial charge in [-0.2, -0.15) is 0 Å². The Balaban J connectivity index is 2.63. The molecule has 0 atom stereocenters. The predicted octanol–water partition coefficient (Wildman–Crippen LogP) is 1.20. The molecule has 2 N–H and O–H groups in total. The highest BCUT2D eigenvalue weighted by Gasteiger charge is 2.11. The second-order valence-electron chi connectivity index (χ2n) is 3.13. The highest BCUT2D eigenvalue weighted by Crippen LogP contribution is 2.20. The Morgan fingerprint density at radius 3 is 2.88 bits per heavy atom. The van der Waals surface area contributed by atoms with Crippen LogP contribution in [-0.2, 0) is 10.0 Å². The summed E-state index contributed by atoms with van der Waals surface area (Å²) in [6.07, 6.45) is 3.08. The number of nitrogens with one attached hydrogen (secondary N) is 2. The van der Waals surface area contributed by atoms with Gasteiger partial charge in [0.1, 0.15) is 0 Å². The third-order valence-corrected chi connectivity index (χ3v) is 3.74. The number of hydrogen-bond donors (Lipinski definition) is 2. The molecule has 0 spiro atoms. The molecule has 0 radical (unpaired) electrons. The number of pyridine rings is 1. The second kappa shape index (κ2) is 6.17. The lowest BCUT2D eigenvalue weighted by Gasteiger charge is -2.09.